The monoisotopic (exact) mass is 245 g/mol. The van der Waals surface area contributed by atoms with Crippen LogP contribution in [-0.2, 0) is 16.0 Å². The van der Waals surface area contributed by atoms with Gasteiger partial charge in [0.1, 0.15) is 5.75 Å². The number of pyridine rings is 1. The maximum atomic E-state index is 12.8. The smallest absolute Gasteiger partial charge is 0.310 e. The predicted octanol–water partition coefficient (Wildman–Crippen LogP) is 2.05. The molecule has 1 rings (SSSR count). The fourth-order valence-electron chi connectivity index (χ4n) is 1.49. The van der Waals surface area contributed by atoms with Gasteiger partial charge in [0, 0.05) is 17.5 Å². The summed E-state index contributed by atoms with van der Waals surface area (Å²) in [6, 6.07) is 0. The summed E-state index contributed by atoms with van der Waals surface area (Å²) in [5, 5.41) is 0. The zero-order chi connectivity index (χ0) is 13.0. The number of esters is 1. The van der Waals surface area contributed by atoms with E-state index < -0.39 is 12.4 Å². The minimum Gasteiger partial charge on any atom is -0.496 e. The van der Waals surface area contributed by atoms with Crippen molar-refractivity contribution in [1.82, 2.24) is 4.98 Å². The van der Waals surface area contributed by atoms with Crippen LogP contribution in [0, 0.1) is 6.92 Å². The number of carbonyl (C=O) groups is 1. The molecule has 6 heteroatoms. The molecule has 4 nitrogen and oxygen atoms in total. The van der Waals surface area contributed by atoms with Gasteiger partial charge in [-0.1, -0.05) is 0 Å². The summed E-state index contributed by atoms with van der Waals surface area (Å²) in [5.41, 5.74) is 0.194. The molecule has 0 saturated heterocycles. The van der Waals surface area contributed by atoms with Gasteiger partial charge in [0.05, 0.1) is 26.2 Å². The van der Waals surface area contributed by atoms with Gasteiger partial charge in [0.2, 0.25) is 0 Å². The van der Waals surface area contributed by atoms with Crippen LogP contribution in [0.1, 0.15) is 23.2 Å². The Kier molecular flexibility index (Phi) is 4.37. The van der Waals surface area contributed by atoms with Crippen LogP contribution in [-0.4, -0.2) is 25.2 Å². The van der Waals surface area contributed by atoms with Crippen molar-refractivity contribution in [3.8, 4) is 5.75 Å². The van der Waals surface area contributed by atoms with Crippen molar-refractivity contribution in [2.45, 2.75) is 19.8 Å². The Bertz CT molecular complexity index is 421. The van der Waals surface area contributed by atoms with Gasteiger partial charge < -0.3 is 9.47 Å². The summed E-state index contributed by atoms with van der Waals surface area (Å²) < 4.78 is 35.1. The van der Waals surface area contributed by atoms with Crippen molar-refractivity contribution >= 4 is 5.97 Å². The average molecular weight is 245 g/mol. The average Bonchev–Trinajstić information content (AvgIpc) is 2.30. The predicted molar refractivity (Wildman–Crippen MR) is 56.2 cm³/mol. The Labute approximate surface area is 97.6 Å². The third-order valence-electron chi connectivity index (χ3n) is 2.32. The number of rotatable bonds is 4. The first-order valence-corrected chi connectivity index (χ1v) is 4.88. The topological polar surface area (TPSA) is 48.4 Å². The highest BCUT2D eigenvalue weighted by Gasteiger charge is 2.22. The van der Waals surface area contributed by atoms with Gasteiger partial charge in [0.15, 0.2) is 0 Å². The van der Waals surface area contributed by atoms with Gasteiger partial charge in [-0.05, 0) is 6.92 Å². The standard InChI is InChI=1S/C11H13F2NO3/c1-6-9(11(12)13)10(17-3)7(5-14-6)4-8(15)16-2/h5,11H,4H2,1-3H3. The maximum absolute atomic E-state index is 12.8. The molecule has 0 aliphatic rings. The summed E-state index contributed by atoms with van der Waals surface area (Å²) in [4.78, 5) is 15.0. The fourth-order valence-corrected chi connectivity index (χ4v) is 1.49. The van der Waals surface area contributed by atoms with Crippen LogP contribution in [0.4, 0.5) is 8.78 Å². The van der Waals surface area contributed by atoms with E-state index in [1.807, 2.05) is 0 Å². The molecule has 0 aliphatic heterocycles. The number of ether oxygens (including phenoxy) is 2. The van der Waals surface area contributed by atoms with E-state index in [-0.39, 0.29) is 23.4 Å². The van der Waals surface area contributed by atoms with E-state index in [2.05, 4.69) is 9.72 Å². The number of nitrogens with zero attached hydrogens (tertiary/aromatic N) is 1. The molecule has 0 N–H and O–H groups in total. The molecule has 0 bridgehead atoms. The van der Waals surface area contributed by atoms with Gasteiger partial charge in [-0.25, -0.2) is 8.78 Å². The molecule has 1 aromatic rings. The SMILES string of the molecule is COC(=O)Cc1cnc(C)c(C(F)F)c1OC. The normalized spacial score (nSPS) is 10.5. The zero-order valence-electron chi connectivity index (χ0n) is 9.79. The lowest BCUT2D eigenvalue weighted by atomic mass is 10.1. The minimum absolute atomic E-state index is 0.00194. The molecule has 0 radical (unpaired) electrons. The van der Waals surface area contributed by atoms with Crippen LogP contribution >= 0.6 is 0 Å². The molecule has 1 aromatic heterocycles. The molecule has 0 aliphatic carbocycles. The van der Waals surface area contributed by atoms with Gasteiger partial charge >= 0.3 is 5.97 Å². The van der Waals surface area contributed by atoms with Gasteiger partial charge in [-0.3, -0.25) is 9.78 Å². The van der Waals surface area contributed by atoms with E-state index in [1.165, 1.54) is 27.3 Å². The molecule has 0 fully saturated rings. The van der Waals surface area contributed by atoms with Crippen molar-refractivity contribution in [3.63, 3.8) is 0 Å². The number of aryl methyl sites for hydroxylation is 1. The van der Waals surface area contributed by atoms with Crippen LogP contribution in [0.15, 0.2) is 6.20 Å². The van der Waals surface area contributed by atoms with E-state index >= 15 is 0 Å². The first-order valence-electron chi connectivity index (χ1n) is 4.88. The van der Waals surface area contributed by atoms with Crippen molar-refractivity contribution < 1.29 is 23.0 Å². The Balaban J connectivity index is 3.23. The van der Waals surface area contributed by atoms with Crippen LogP contribution in [0.2, 0.25) is 0 Å². The molecule has 17 heavy (non-hydrogen) atoms. The number of aromatic nitrogens is 1. The van der Waals surface area contributed by atoms with Crippen molar-refractivity contribution in [2.24, 2.45) is 0 Å². The number of halogens is 2. The Hall–Kier alpha value is -1.72. The molecule has 0 amide bonds. The van der Waals surface area contributed by atoms with Crippen molar-refractivity contribution in [3.05, 3.63) is 23.0 Å². The van der Waals surface area contributed by atoms with E-state index in [1.54, 1.807) is 0 Å². The van der Waals surface area contributed by atoms with Crippen molar-refractivity contribution in [1.29, 1.82) is 0 Å². The second-order valence-electron chi connectivity index (χ2n) is 3.37. The van der Waals surface area contributed by atoms with Gasteiger partial charge in [0.25, 0.3) is 6.43 Å². The van der Waals surface area contributed by atoms with Crippen LogP contribution in [0.3, 0.4) is 0 Å². The summed E-state index contributed by atoms with van der Waals surface area (Å²) in [7, 11) is 2.51. The van der Waals surface area contributed by atoms with Gasteiger partial charge in [-0.15, -0.1) is 0 Å². The third kappa shape index (κ3) is 2.89. The number of alkyl halides is 2. The number of hydrogen-bond donors (Lipinski definition) is 0. The van der Waals surface area contributed by atoms with E-state index in [4.69, 9.17) is 4.74 Å². The zero-order valence-corrected chi connectivity index (χ0v) is 9.79. The first kappa shape index (κ1) is 13.3. The van der Waals surface area contributed by atoms with Crippen molar-refractivity contribution in [2.75, 3.05) is 14.2 Å². The molecule has 0 saturated carbocycles. The lowest BCUT2D eigenvalue weighted by Gasteiger charge is -2.14. The quantitative estimate of drug-likeness (QED) is 0.762. The largest absolute Gasteiger partial charge is 0.496 e. The lowest BCUT2D eigenvalue weighted by Crippen LogP contribution is -2.09. The number of methoxy groups -OCH3 is 2. The van der Waals surface area contributed by atoms with E-state index in [0.717, 1.165) is 0 Å². The Morgan fingerprint density at radius 1 is 1.47 bits per heavy atom. The molecular weight excluding hydrogens is 232 g/mol. The van der Waals surface area contributed by atoms with Crippen LogP contribution in [0.5, 0.6) is 5.75 Å². The fraction of sp³-hybridized carbons (Fsp3) is 0.455. The number of carbonyl (C=O) groups excluding carboxylic acids is 1. The Morgan fingerprint density at radius 2 is 2.12 bits per heavy atom. The molecule has 0 atom stereocenters. The summed E-state index contributed by atoms with van der Waals surface area (Å²) in [6.45, 7) is 1.46. The van der Waals surface area contributed by atoms with Crippen LogP contribution < -0.4 is 4.74 Å². The van der Waals surface area contributed by atoms with Gasteiger partial charge in [-0.2, -0.15) is 0 Å². The lowest BCUT2D eigenvalue weighted by molar-refractivity contribution is -0.139. The highest BCUT2D eigenvalue weighted by Crippen LogP contribution is 2.33. The van der Waals surface area contributed by atoms with E-state index in [0.29, 0.717) is 5.56 Å². The highest BCUT2D eigenvalue weighted by molar-refractivity contribution is 5.73. The second kappa shape index (κ2) is 5.56. The van der Waals surface area contributed by atoms with E-state index in [9.17, 15) is 13.6 Å². The molecule has 94 valence electrons. The first-order chi connectivity index (χ1) is 8.01. The maximum Gasteiger partial charge on any atom is 0.310 e. The summed E-state index contributed by atoms with van der Waals surface area (Å²) in [6.07, 6.45) is -1.50. The molecule has 0 unspecified atom stereocenters. The minimum atomic E-state index is -2.70. The third-order valence-corrected chi connectivity index (χ3v) is 2.32. The molecule has 1 heterocycles. The summed E-state index contributed by atoms with van der Waals surface area (Å²) in [5.74, 6) is -0.535. The Morgan fingerprint density at radius 3 is 2.59 bits per heavy atom. The molecular formula is C11H13F2NO3. The van der Waals surface area contributed by atoms with Crippen LogP contribution in [0.25, 0.3) is 0 Å². The molecule has 0 spiro atoms. The second-order valence-corrected chi connectivity index (χ2v) is 3.37. The molecule has 0 aromatic carbocycles. The summed E-state index contributed by atoms with van der Waals surface area (Å²) >= 11 is 0. The number of hydrogen-bond acceptors (Lipinski definition) is 4. The highest BCUT2D eigenvalue weighted by atomic mass is 19.3.